The SMILES string of the molecule is CCCCC[NH+]1CCC(C)C1.[F-]. The van der Waals surface area contributed by atoms with Gasteiger partial charge in [-0.1, -0.05) is 20.3 Å². The molecule has 74 valence electrons. The number of likely N-dealkylation sites (tertiary alicyclic amines) is 1. The highest BCUT2D eigenvalue weighted by Gasteiger charge is 2.21. The summed E-state index contributed by atoms with van der Waals surface area (Å²) in [6, 6.07) is 0. The molecule has 1 rings (SSSR count). The molecule has 1 nitrogen and oxygen atoms in total. The third-order valence-corrected chi connectivity index (χ3v) is 2.76. The van der Waals surface area contributed by atoms with Gasteiger partial charge in [-0.25, -0.2) is 0 Å². The lowest BCUT2D eigenvalue weighted by molar-refractivity contribution is -0.889. The first-order chi connectivity index (χ1) is 5.33. The van der Waals surface area contributed by atoms with E-state index in [2.05, 4.69) is 13.8 Å². The van der Waals surface area contributed by atoms with Crippen molar-refractivity contribution in [2.75, 3.05) is 19.6 Å². The molecule has 0 aromatic heterocycles. The first-order valence-electron chi connectivity index (χ1n) is 5.16. The summed E-state index contributed by atoms with van der Waals surface area (Å²) < 4.78 is 0. The van der Waals surface area contributed by atoms with E-state index in [-0.39, 0.29) is 4.70 Å². The summed E-state index contributed by atoms with van der Waals surface area (Å²) in [6.45, 7) is 8.96. The highest BCUT2D eigenvalue weighted by Crippen LogP contribution is 2.01. The van der Waals surface area contributed by atoms with Crippen molar-refractivity contribution in [1.29, 1.82) is 0 Å². The molecule has 2 unspecified atom stereocenters. The summed E-state index contributed by atoms with van der Waals surface area (Å²) in [5, 5.41) is 0. The van der Waals surface area contributed by atoms with Crippen LogP contribution in [0, 0.1) is 5.92 Å². The monoisotopic (exact) mass is 175 g/mol. The second-order valence-electron chi connectivity index (χ2n) is 4.06. The quantitative estimate of drug-likeness (QED) is 0.476. The predicted molar refractivity (Wildman–Crippen MR) is 48.9 cm³/mol. The van der Waals surface area contributed by atoms with Crippen molar-refractivity contribution >= 4 is 0 Å². The Balaban J connectivity index is 0.00000121. The van der Waals surface area contributed by atoms with Crippen LogP contribution in [0.5, 0.6) is 0 Å². The van der Waals surface area contributed by atoms with Crippen molar-refractivity contribution in [1.82, 2.24) is 0 Å². The Bertz CT molecular complexity index is 106. The minimum Gasteiger partial charge on any atom is -1.00 e. The van der Waals surface area contributed by atoms with Crippen LogP contribution in [0.4, 0.5) is 0 Å². The van der Waals surface area contributed by atoms with Gasteiger partial charge in [-0.2, -0.15) is 0 Å². The van der Waals surface area contributed by atoms with Crippen LogP contribution in [0.2, 0.25) is 0 Å². The van der Waals surface area contributed by atoms with Crippen molar-refractivity contribution in [3.8, 4) is 0 Å². The molecule has 12 heavy (non-hydrogen) atoms. The van der Waals surface area contributed by atoms with E-state index in [9.17, 15) is 0 Å². The number of unbranched alkanes of at least 4 members (excludes halogenated alkanes) is 2. The highest BCUT2D eigenvalue weighted by molar-refractivity contribution is 4.55. The van der Waals surface area contributed by atoms with Crippen LogP contribution in [-0.2, 0) is 0 Å². The smallest absolute Gasteiger partial charge is 0.0799 e. The van der Waals surface area contributed by atoms with Crippen LogP contribution >= 0.6 is 0 Å². The fourth-order valence-electron chi connectivity index (χ4n) is 2.00. The van der Waals surface area contributed by atoms with Crippen molar-refractivity contribution in [3.63, 3.8) is 0 Å². The van der Waals surface area contributed by atoms with Crippen LogP contribution in [-0.4, -0.2) is 19.6 Å². The maximum atomic E-state index is 2.38. The lowest BCUT2D eigenvalue weighted by Crippen LogP contribution is -3.10. The molecule has 1 heterocycles. The molecule has 0 aliphatic carbocycles. The summed E-state index contributed by atoms with van der Waals surface area (Å²) in [5.74, 6) is 0.992. The largest absolute Gasteiger partial charge is 1.00 e. The second kappa shape index (κ2) is 6.41. The van der Waals surface area contributed by atoms with Crippen molar-refractivity contribution < 1.29 is 9.60 Å². The Hall–Kier alpha value is -0.110. The van der Waals surface area contributed by atoms with Gasteiger partial charge in [-0.3, -0.25) is 0 Å². The standard InChI is InChI=1S/C10H21N.FH/c1-3-4-5-7-11-8-6-10(2)9-11;/h10H,3-9H2,1-2H3;1H. The van der Waals surface area contributed by atoms with Gasteiger partial charge in [-0.15, -0.1) is 0 Å². The molecule has 1 fully saturated rings. The Morgan fingerprint density at radius 1 is 1.33 bits per heavy atom. The molecule has 1 aliphatic rings. The molecule has 0 radical (unpaired) electrons. The molecule has 1 saturated heterocycles. The van der Waals surface area contributed by atoms with Gasteiger partial charge in [0.15, 0.2) is 0 Å². The number of hydrogen-bond acceptors (Lipinski definition) is 0. The van der Waals surface area contributed by atoms with Gasteiger partial charge in [-0.05, 0) is 12.8 Å². The highest BCUT2D eigenvalue weighted by atomic mass is 19.0. The van der Waals surface area contributed by atoms with Crippen molar-refractivity contribution in [3.05, 3.63) is 0 Å². The van der Waals surface area contributed by atoms with E-state index in [0.717, 1.165) is 5.92 Å². The summed E-state index contributed by atoms with van der Waals surface area (Å²) >= 11 is 0. The molecular formula is C10H22FN. The van der Waals surface area contributed by atoms with Crippen LogP contribution in [0.1, 0.15) is 39.5 Å². The van der Waals surface area contributed by atoms with Crippen LogP contribution < -0.4 is 9.60 Å². The van der Waals surface area contributed by atoms with E-state index >= 15 is 0 Å². The topological polar surface area (TPSA) is 4.44 Å². The Morgan fingerprint density at radius 2 is 2.08 bits per heavy atom. The summed E-state index contributed by atoms with van der Waals surface area (Å²) in [7, 11) is 0. The molecule has 0 spiro atoms. The van der Waals surface area contributed by atoms with E-state index in [1.54, 1.807) is 0 Å². The number of hydrogen-bond donors (Lipinski definition) is 1. The zero-order valence-electron chi connectivity index (χ0n) is 8.41. The molecular weight excluding hydrogens is 153 g/mol. The molecule has 0 amide bonds. The van der Waals surface area contributed by atoms with Gasteiger partial charge in [0.25, 0.3) is 0 Å². The molecule has 0 aromatic carbocycles. The average Bonchev–Trinajstić information content (AvgIpc) is 2.37. The molecule has 2 heteroatoms. The van der Waals surface area contributed by atoms with Gasteiger partial charge in [0.05, 0.1) is 19.6 Å². The summed E-state index contributed by atoms with van der Waals surface area (Å²) in [6.07, 6.45) is 5.70. The summed E-state index contributed by atoms with van der Waals surface area (Å²) in [5.41, 5.74) is 0. The van der Waals surface area contributed by atoms with E-state index in [0.29, 0.717) is 0 Å². The average molecular weight is 175 g/mol. The minimum absolute atomic E-state index is 0. The van der Waals surface area contributed by atoms with Crippen LogP contribution in [0.15, 0.2) is 0 Å². The van der Waals surface area contributed by atoms with E-state index in [1.165, 1.54) is 45.3 Å². The maximum absolute atomic E-state index is 2.38. The zero-order valence-corrected chi connectivity index (χ0v) is 8.41. The minimum atomic E-state index is 0. The number of rotatable bonds is 4. The second-order valence-corrected chi connectivity index (χ2v) is 4.06. The van der Waals surface area contributed by atoms with Crippen LogP contribution in [0.3, 0.4) is 0 Å². The zero-order chi connectivity index (χ0) is 8.10. The maximum Gasteiger partial charge on any atom is 0.0799 e. The lowest BCUT2D eigenvalue weighted by atomic mass is 10.2. The van der Waals surface area contributed by atoms with E-state index in [4.69, 9.17) is 0 Å². The van der Waals surface area contributed by atoms with Gasteiger partial charge in [0.2, 0.25) is 0 Å². The van der Waals surface area contributed by atoms with Gasteiger partial charge >= 0.3 is 0 Å². The van der Waals surface area contributed by atoms with Gasteiger partial charge in [0, 0.05) is 12.3 Å². The number of halogens is 1. The van der Waals surface area contributed by atoms with E-state index < -0.39 is 0 Å². The number of quaternary nitrogens is 1. The van der Waals surface area contributed by atoms with Crippen molar-refractivity contribution in [2.24, 2.45) is 5.92 Å². The van der Waals surface area contributed by atoms with Gasteiger partial charge < -0.3 is 9.60 Å². The number of nitrogens with one attached hydrogen (secondary N) is 1. The van der Waals surface area contributed by atoms with E-state index in [1.807, 2.05) is 4.90 Å². The molecule has 0 saturated carbocycles. The summed E-state index contributed by atoms with van der Waals surface area (Å²) in [4.78, 5) is 1.85. The lowest BCUT2D eigenvalue weighted by Gasteiger charge is -2.11. The third kappa shape index (κ3) is 4.05. The Morgan fingerprint density at radius 3 is 2.58 bits per heavy atom. The molecule has 2 atom stereocenters. The van der Waals surface area contributed by atoms with Gasteiger partial charge in [0.1, 0.15) is 0 Å². The first-order valence-corrected chi connectivity index (χ1v) is 5.16. The fraction of sp³-hybridized carbons (Fsp3) is 1.00. The first kappa shape index (κ1) is 11.9. The molecule has 1 aliphatic heterocycles. The normalized spacial score (nSPS) is 28.5. The molecule has 1 N–H and O–H groups in total. The predicted octanol–water partition coefficient (Wildman–Crippen LogP) is -1.89. The van der Waals surface area contributed by atoms with Crippen molar-refractivity contribution in [2.45, 2.75) is 39.5 Å². The Kier molecular flexibility index (Phi) is 6.35. The third-order valence-electron chi connectivity index (χ3n) is 2.76. The fourth-order valence-corrected chi connectivity index (χ4v) is 2.00. The Labute approximate surface area is 75.5 Å². The molecule has 0 aromatic rings. The van der Waals surface area contributed by atoms with Crippen LogP contribution in [0.25, 0.3) is 0 Å². The molecule has 0 bridgehead atoms.